The van der Waals surface area contributed by atoms with E-state index >= 15 is 0 Å². The number of rotatable bonds is 4. The van der Waals surface area contributed by atoms with E-state index in [1.165, 1.54) is 16.7 Å². The monoisotopic (exact) mass is 497 g/mol. The molecule has 1 saturated heterocycles. The zero-order valence-electron chi connectivity index (χ0n) is 21.9. The van der Waals surface area contributed by atoms with Crippen molar-refractivity contribution in [2.75, 3.05) is 19.6 Å². The lowest BCUT2D eigenvalue weighted by atomic mass is 9.99. The number of likely N-dealkylation sites (tertiary alicyclic amines) is 1. The Morgan fingerprint density at radius 2 is 2.00 bits per heavy atom. The molecule has 37 heavy (non-hydrogen) atoms. The predicted octanol–water partition coefficient (Wildman–Crippen LogP) is 4.31. The van der Waals surface area contributed by atoms with E-state index < -0.39 is 0 Å². The van der Waals surface area contributed by atoms with Crippen LogP contribution in [0.15, 0.2) is 42.6 Å². The molecule has 0 radical (unpaired) electrons. The molecule has 4 heterocycles. The van der Waals surface area contributed by atoms with Crippen LogP contribution in [0.2, 0.25) is 0 Å². The highest BCUT2D eigenvalue weighted by molar-refractivity contribution is 5.84. The van der Waals surface area contributed by atoms with Gasteiger partial charge in [-0.15, -0.1) is 0 Å². The van der Waals surface area contributed by atoms with Gasteiger partial charge in [-0.2, -0.15) is 10.2 Å². The van der Waals surface area contributed by atoms with Gasteiger partial charge in [0.1, 0.15) is 0 Å². The minimum absolute atomic E-state index is 0.0273. The smallest absolute Gasteiger partial charge is 0.317 e. The Hall–Kier alpha value is -3.65. The van der Waals surface area contributed by atoms with E-state index in [9.17, 15) is 4.79 Å². The summed E-state index contributed by atoms with van der Waals surface area (Å²) in [5.41, 5.74) is 9.41. The van der Waals surface area contributed by atoms with E-state index in [-0.39, 0.29) is 12.1 Å². The minimum atomic E-state index is 0.0273. The van der Waals surface area contributed by atoms with Gasteiger partial charge >= 0.3 is 6.03 Å². The number of aryl methyl sites for hydroxylation is 3. The van der Waals surface area contributed by atoms with Crippen molar-refractivity contribution in [3.05, 3.63) is 70.5 Å². The number of hydrogen-bond acceptors (Lipinski definition) is 4. The first-order valence-corrected chi connectivity index (χ1v) is 13.3. The Kier molecular flexibility index (Phi) is 6.20. The number of hydrogen-bond donors (Lipinski definition) is 2. The zero-order valence-corrected chi connectivity index (χ0v) is 21.9. The highest BCUT2D eigenvalue weighted by Crippen LogP contribution is 2.30. The van der Waals surface area contributed by atoms with Gasteiger partial charge < -0.3 is 10.2 Å². The lowest BCUT2D eigenvalue weighted by Crippen LogP contribution is -2.52. The van der Waals surface area contributed by atoms with Crippen molar-refractivity contribution in [2.45, 2.75) is 52.2 Å². The van der Waals surface area contributed by atoms with Crippen LogP contribution in [0.3, 0.4) is 0 Å². The number of aromatic nitrogens is 4. The highest BCUT2D eigenvalue weighted by atomic mass is 16.2. The topological polar surface area (TPSA) is 82.1 Å². The number of fused-ring (bicyclic) bond motifs is 2. The van der Waals surface area contributed by atoms with E-state index in [0.717, 1.165) is 72.3 Å². The van der Waals surface area contributed by atoms with Crippen molar-refractivity contribution >= 4 is 16.9 Å². The van der Waals surface area contributed by atoms with Crippen molar-refractivity contribution in [3.8, 4) is 11.3 Å². The summed E-state index contributed by atoms with van der Waals surface area (Å²) in [6, 6.07) is 13.0. The maximum Gasteiger partial charge on any atom is 0.317 e. The number of urea groups is 1. The quantitative estimate of drug-likeness (QED) is 0.440. The molecule has 0 bridgehead atoms. The largest absolute Gasteiger partial charge is 0.334 e. The highest BCUT2D eigenvalue weighted by Gasteiger charge is 2.29. The summed E-state index contributed by atoms with van der Waals surface area (Å²) in [6.07, 6.45) is 4.79. The van der Waals surface area contributed by atoms with Crippen LogP contribution >= 0.6 is 0 Å². The molecule has 0 spiro atoms. The molecule has 0 unspecified atom stereocenters. The molecule has 2 amide bonds. The average molecular weight is 498 g/mol. The van der Waals surface area contributed by atoms with E-state index in [1.54, 1.807) is 0 Å². The molecule has 0 aliphatic carbocycles. The zero-order chi connectivity index (χ0) is 25.5. The van der Waals surface area contributed by atoms with Crippen molar-refractivity contribution in [2.24, 2.45) is 7.05 Å². The SMILES string of the molecule is Cc1cccc(C)c1CN1CCC[C@@H](NC(=O)N2CCc3[nH]nc(-c4ccc5c(cnn5C)c4)c3C2)C1. The second-order valence-corrected chi connectivity index (χ2v) is 10.6. The molecule has 192 valence electrons. The van der Waals surface area contributed by atoms with Gasteiger partial charge in [0.15, 0.2) is 0 Å². The van der Waals surface area contributed by atoms with Gasteiger partial charge in [-0.1, -0.05) is 24.3 Å². The summed E-state index contributed by atoms with van der Waals surface area (Å²) in [5, 5.41) is 16.7. The van der Waals surface area contributed by atoms with Crippen LogP contribution in [0.25, 0.3) is 22.2 Å². The molecule has 0 saturated carbocycles. The molecule has 8 nitrogen and oxygen atoms in total. The van der Waals surface area contributed by atoms with E-state index in [0.29, 0.717) is 13.1 Å². The van der Waals surface area contributed by atoms with Crippen molar-refractivity contribution in [3.63, 3.8) is 0 Å². The molecule has 1 fully saturated rings. The lowest BCUT2D eigenvalue weighted by molar-refractivity contribution is 0.160. The Balaban J connectivity index is 1.13. The van der Waals surface area contributed by atoms with Crippen LogP contribution in [0.5, 0.6) is 0 Å². The van der Waals surface area contributed by atoms with Gasteiger partial charge in [-0.3, -0.25) is 14.7 Å². The third-order valence-electron chi connectivity index (χ3n) is 8.10. The van der Waals surface area contributed by atoms with Gasteiger partial charge in [-0.25, -0.2) is 4.79 Å². The molecule has 2 aromatic carbocycles. The minimum Gasteiger partial charge on any atom is -0.334 e. The van der Waals surface area contributed by atoms with Crippen molar-refractivity contribution < 1.29 is 4.79 Å². The number of nitrogens with zero attached hydrogens (tertiary/aromatic N) is 5. The van der Waals surface area contributed by atoms with Crippen LogP contribution < -0.4 is 5.32 Å². The lowest BCUT2D eigenvalue weighted by Gasteiger charge is -2.35. The molecule has 1 atom stereocenters. The first-order valence-electron chi connectivity index (χ1n) is 13.3. The number of piperidine rings is 1. The van der Waals surface area contributed by atoms with Crippen molar-refractivity contribution in [1.82, 2.24) is 35.1 Å². The molecule has 2 aliphatic heterocycles. The number of amides is 2. The summed E-state index contributed by atoms with van der Waals surface area (Å²) >= 11 is 0. The Morgan fingerprint density at radius 3 is 2.84 bits per heavy atom. The van der Waals surface area contributed by atoms with Crippen LogP contribution in [0.4, 0.5) is 4.79 Å². The van der Waals surface area contributed by atoms with Crippen LogP contribution in [0, 0.1) is 13.8 Å². The number of H-pyrrole nitrogens is 1. The molecule has 2 aromatic heterocycles. The molecule has 4 aromatic rings. The average Bonchev–Trinajstić information content (AvgIpc) is 3.49. The third-order valence-corrected chi connectivity index (χ3v) is 8.10. The number of nitrogens with one attached hydrogen (secondary N) is 2. The van der Waals surface area contributed by atoms with Crippen molar-refractivity contribution in [1.29, 1.82) is 0 Å². The molecule has 2 N–H and O–H groups in total. The van der Waals surface area contributed by atoms with Crippen LogP contribution in [-0.4, -0.2) is 61.5 Å². The van der Waals surface area contributed by atoms with Gasteiger partial charge in [0, 0.05) is 61.4 Å². The van der Waals surface area contributed by atoms with Crippen LogP contribution in [0.1, 0.15) is 40.8 Å². The Labute approximate surface area is 217 Å². The summed E-state index contributed by atoms with van der Waals surface area (Å²) < 4.78 is 1.87. The fraction of sp³-hybridized carbons (Fsp3) is 0.414. The van der Waals surface area contributed by atoms with Gasteiger partial charge in [0.05, 0.1) is 24.0 Å². The van der Waals surface area contributed by atoms with E-state index in [4.69, 9.17) is 0 Å². The second-order valence-electron chi connectivity index (χ2n) is 10.6. The summed E-state index contributed by atoms with van der Waals surface area (Å²) in [4.78, 5) is 17.8. The second kappa shape index (κ2) is 9.67. The molecular weight excluding hydrogens is 462 g/mol. The number of carbonyl (C=O) groups is 1. The number of benzene rings is 2. The number of carbonyl (C=O) groups excluding carboxylic acids is 1. The standard InChI is InChI=1S/C29H35N7O/c1-19-6-4-7-20(2)24(19)17-35-12-5-8-23(16-35)31-29(37)36-13-11-26-25(18-36)28(33-32-26)21-9-10-27-22(14-21)15-30-34(27)3/h4,6-7,9-10,14-15,23H,5,8,11-13,16-18H2,1-3H3,(H,31,37)(H,32,33)/t23-/m1/s1. The first kappa shape index (κ1) is 23.7. The summed E-state index contributed by atoms with van der Waals surface area (Å²) in [6.45, 7) is 8.55. The normalized spacial score (nSPS) is 18.2. The first-order chi connectivity index (χ1) is 18.0. The fourth-order valence-electron chi connectivity index (χ4n) is 5.92. The van der Waals surface area contributed by atoms with Crippen LogP contribution in [-0.2, 0) is 26.6 Å². The summed E-state index contributed by atoms with van der Waals surface area (Å²) in [7, 11) is 1.95. The maximum atomic E-state index is 13.4. The Bertz CT molecular complexity index is 1430. The maximum absolute atomic E-state index is 13.4. The van der Waals surface area contributed by atoms with E-state index in [2.05, 4.69) is 75.8 Å². The molecular formula is C29H35N7O. The summed E-state index contributed by atoms with van der Waals surface area (Å²) in [5.74, 6) is 0. The third kappa shape index (κ3) is 4.62. The van der Waals surface area contributed by atoms with Gasteiger partial charge in [0.25, 0.3) is 0 Å². The number of aromatic amines is 1. The Morgan fingerprint density at radius 1 is 1.16 bits per heavy atom. The predicted molar refractivity (Wildman–Crippen MR) is 145 cm³/mol. The van der Waals surface area contributed by atoms with E-state index in [1.807, 2.05) is 22.8 Å². The fourth-order valence-corrected chi connectivity index (χ4v) is 5.92. The molecule has 8 heteroatoms. The van der Waals surface area contributed by atoms with Gasteiger partial charge in [-0.05, 0) is 62.1 Å². The molecule has 2 aliphatic rings. The van der Waals surface area contributed by atoms with Gasteiger partial charge in [0.2, 0.25) is 0 Å². The molecule has 6 rings (SSSR count).